The molecule has 1 saturated carbocycles. The molecule has 2 aromatic rings. The molecule has 4 rings (SSSR count). The van der Waals surface area contributed by atoms with Crippen LogP contribution in [0.2, 0.25) is 0 Å². The molecule has 0 bridgehead atoms. The second-order valence-corrected chi connectivity index (χ2v) is 5.23. The van der Waals surface area contributed by atoms with Gasteiger partial charge in [-0.3, -0.25) is 4.79 Å². The van der Waals surface area contributed by atoms with E-state index < -0.39 is 5.41 Å². The monoisotopic (exact) mass is 303 g/mol. The Balaban J connectivity index is 1.60. The van der Waals surface area contributed by atoms with Crippen LogP contribution in [0.3, 0.4) is 0 Å². The number of amides is 1. The molecule has 1 aliphatic carbocycles. The molecule has 1 aliphatic heterocycles. The number of hydrogen-bond acceptors (Lipinski definition) is 7. The van der Waals surface area contributed by atoms with E-state index in [1.807, 2.05) is 18.2 Å². The molecule has 1 aromatic carbocycles. The molecule has 8 nitrogen and oxygen atoms in total. The number of rotatable bonds is 4. The Morgan fingerprint density at radius 2 is 2.09 bits per heavy atom. The first-order chi connectivity index (χ1) is 10.7. The highest BCUT2D eigenvalue weighted by Gasteiger charge is 2.52. The van der Waals surface area contributed by atoms with Crippen molar-refractivity contribution in [3.63, 3.8) is 0 Å². The van der Waals surface area contributed by atoms with Gasteiger partial charge in [0.05, 0.1) is 12.5 Å². The zero-order chi connectivity index (χ0) is 15.2. The van der Waals surface area contributed by atoms with E-state index in [0.717, 1.165) is 18.4 Å². The van der Waals surface area contributed by atoms with Crippen LogP contribution < -0.4 is 19.5 Å². The molecule has 114 valence electrons. The molecular formula is C14H13N3O5. The third-order valence-corrected chi connectivity index (χ3v) is 3.99. The summed E-state index contributed by atoms with van der Waals surface area (Å²) in [5.41, 5.74) is 0.315. The number of benzene rings is 1. The molecule has 8 heteroatoms. The first kappa shape index (κ1) is 12.9. The molecule has 0 spiro atoms. The number of carbonyl (C=O) groups excluding carboxylic acids is 1. The van der Waals surface area contributed by atoms with Gasteiger partial charge in [-0.1, -0.05) is 6.07 Å². The molecule has 2 heterocycles. The number of hydrogen-bond donors (Lipinski definition) is 1. The molecule has 1 fully saturated rings. The maximum absolute atomic E-state index is 12.6. The van der Waals surface area contributed by atoms with Crippen LogP contribution in [0, 0.1) is 0 Å². The van der Waals surface area contributed by atoms with Gasteiger partial charge in [0.1, 0.15) is 0 Å². The summed E-state index contributed by atoms with van der Waals surface area (Å²) in [5.74, 6) is 1.52. The van der Waals surface area contributed by atoms with Crippen molar-refractivity contribution in [3.8, 4) is 17.4 Å². The lowest BCUT2D eigenvalue weighted by Gasteiger charge is -2.15. The molecule has 0 saturated heterocycles. The molecule has 0 radical (unpaired) electrons. The lowest BCUT2D eigenvalue weighted by Crippen LogP contribution is -2.28. The summed E-state index contributed by atoms with van der Waals surface area (Å²) in [5, 5.41) is 9.89. The van der Waals surface area contributed by atoms with Crippen LogP contribution in [-0.4, -0.2) is 30.1 Å². The largest absolute Gasteiger partial charge is 0.476 e. The molecule has 1 amide bonds. The number of anilines is 1. The molecule has 2 aliphatic rings. The molecule has 0 unspecified atom stereocenters. The SMILES string of the molecule is COc1nonc1NC(=O)C1(c2ccc3c(c2)OCO3)CC1. The summed E-state index contributed by atoms with van der Waals surface area (Å²) in [6.45, 7) is 0.208. The maximum atomic E-state index is 12.6. The van der Waals surface area contributed by atoms with Crippen molar-refractivity contribution in [1.82, 2.24) is 10.3 Å². The van der Waals surface area contributed by atoms with E-state index in [1.54, 1.807) is 0 Å². The van der Waals surface area contributed by atoms with Crippen LogP contribution in [0.4, 0.5) is 5.82 Å². The molecule has 1 aromatic heterocycles. The smallest absolute Gasteiger partial charge is 0.300 e. The van der Waals surface area contributed by atoms with Gasteiger partial charge in [-0.05, 0) is 40.9 Å². The Labute approximate surface area is 125 Å². The third-order valence-electron chi connectivity index (χ3n) is 3.99. The second kappa shape index (κ2) is 4.62. The van der Waals surface area contributed by atoms with Crippen molar-refractivity contribution in [3.05, 3.63) is 23.8 Å². The maximum Gasteiger partial charge on any atom is 0.300 e. The van der Waals surface area contributed by atoms with E-state index in [9.17, 15) is 4.79 Å². The number of carbonyl (C=O) groups is 1. The Morgan fingerprint density at radius 1 is 1.27 bits per heavy atom. The van der Waals surface area contributed by atoms with E-state index >= 15 is 0 Å². The van der Waals surface area contributed by atoms with E-state index in [-0.39, 0.29) is 24.4 Å². The second-order valence-electron chi connectivity index (χ2n) is 5.23. The molecular weight excluding hydrogens is 290 g/mol. The predicted molar refractivity (Wildman–Crippen MR) is 73.0 cm³/mol. The van der Waals surface area contributed by atoms with Crippen molar-refractivity contribution < 1.29 is 23.6 Å². The van der Waals surface area contributed by atoms with Crippen LogP contribution in [-0.2, 0) is 10.2 Å². The van der Waals surface area contributed by atoms with E-state index in [1.165, 1.54) is 7.11 Å². The van der Waals surface area contributed by atoms with Crippen molar-refractivity contribution in [2.75, 3.05) is 19.2 Å². The Hall–Kier alpha value is -2.77. The standard InChI is InChI=1S/C14H13N3O5/c1-19-12-11(16-22-17-12)15-13(18)14(4-5-14)8-2-3-9-10(6-8)21-7-20-9/h2-3,6H,4-5,7H2,1H3,(H,15,16,18). The van der Waals surface area contributed by atoms with E-state index in [4.69, 9.17) is 14.2 Å². The van der Waals surface area contributed by atoms with Crippen molar-refractivity contribution in [1.29, 1.82) is 0 Å². The van der Waals surface area contributed by atoms with Crippen molar-refractivity contribution in [2.45, 2.75) is 18.3 Å². The van der Waals surface area contributed by atoms with E-state index in [2.05, 4.69) is 20.3 Å². The van der Waals surface area contributed by atoms with Gasteiger partial charge < -0.3 is 19.5 Å². The van der Waals surface area contributed by atoms with Crippen LogP contribution >= 0.6 is 0 Å². The number of methoxy groups -OCH3 is 1. The number of aromatic nitrogens is 2. The normalized spacial score (nSPS) is 17.1. The van der Waals surface area contributed by atoms with Crippen molar-refractivity contribution in [2.24, 2.45) is 0 Å². The fraction of sp³-hybridized carbons (Fsp3) is 0.357. The van der Waals surface area contributed by atoms with Gasteiger partial charge in [0, 0.05) is 0 Å². The Bertz CT molecular complexity index is 738. The topological polar surface area (TPSA) is 95.7 Å². The summed E-state index contributed by atoms with van der Waals surface area (Å²) in [6, 6.07) is 5.56. The number of ether oxygens (including phenoxy) is 3. The van der Waals surface area contributed by atoms with Crippen LogP contribution in [0.5, 0.6) is 17.4 Å². The molecule has 22 heavy (non-hydrogen) atoms. The minimum Gasteiger partial charge on any atom is -0.476 e. The number of nitrogens with one attached hydrogen (secondary N) is 1. The lowest BCUT2D eigenvalue weighted by molar-refractivity contribution is -0.118. The quantitative estimate of drug-likeness (QED) is 0.913. The number of fused-ring (bicyclic) bond motifs is 1. The highest BCUT2D eigenvalue weighted by molar-refractivity contribution is 6.01. The zero-order valence-electron chi connectivity index (χ0n) is 11.8. The van der Waals surface area contributed by atoms with Crippen LogP contribution in [0.15, 0.2) is 22.8 Å². The first-order valence-electron chi connectivity index (χ1n) is 6.81. The molecule has 1 N–H and O–H groups in total. The minimum absolute atomic E-state index is 0.148. The summed E-state index contributed by atoms with van der Waals surface area (Å²) in [6.07, 6.45) is 1.51. The average molecular weight is 303 g/mol. The highest BCUT2D eigenvalue weighted by atomic mass is 16.7. The zero-order valence-corrected chi connectivity index (χ0v) is 11.8. The van der Waals surface area contributed by atoms with Crippen molar-refractivity contribution >= 4 is 11.7 Å². The summed E-state index contributed by atoms with van der Waals surface area (Å²) >= 11 is 0. The summed E-state index contributed by atoms with van der Waals surface area (Å²) in [4.78, 5) is 12.6. The first-order valence-corrected chi connectivity index (χ1v) is 6.81. The summed E-state index contributed by atoms with van der Waals surface area (Å²) in [7, 11) is 1.43. The third kappa shape index (κ3) is 1.87. The number of nitrogens with zero attached hydrogens (tertiary/aromatic N) is 2. The molecule has 0 atom stereocenters. The van der Waals surface area contributed by atoms with E-state index in [0.29, 0.717) is 11.5 Å². The van der Waals surface area contributed by atoms with Crippen LogP contribution in [0.25, 0.3) is 0 Å². The van der Waals surface area contributed by atoms with Crippen LogP contribution in [0.1, 0.15) is 18.4 Å². The van der Waals surface area contributed by atoms with Gasteiger partial charge in [-0.15, -0.1) is 0 Å². The lowest BCUT2D eigenvalue weighted by atomic mass is 9.94. The van der Waals surface area contributed by atoms with Gasteiger partial charge in [-0.2, -0.15) is 0 Å². The van der Waals surface area contributed by atoms with Gasteiger partial charge in [0.25, 0.3) is 0 Å². The van der Waals surface area contributed by atoms with Gasteiger partial charge >= 0.3 is 5.88 Å². The fourth-order valence-electron chi connectivity index (χ4n) is 2.58. The summed E-state index contributed by atoms with van der Waals surface area (Å²) < 4.78 is 20.2. The van der Waals surface area contributed by atoms with Gasteiger partial charge in [-0.25, -0.2) is 4.63 Å². The fourth-order valence-corrected chi connectivity index (χ4v) is 2.58. The van der Waals surface area contributed by atoms with Gasteiger partial charge in [0.15, 0.2) is 11.5 Å². The Kier molecular flexibility index (Phi) is 2.72. The average Bonchev–Trinajstić information content (AvgIpc) is 3.01. The highest BCUT2D eigenvalue weighted by Crippen LogP contribution is 2.51. The predicted octanol–water partition coefficient (Wildman–Crippen LogP) is 1.48. The van der Waals surface area contributed by atoms with Gasteiger partial charge in [0.2, 0.25) is 18.5 Å². The minimum atomic E-state index is -0.578. The Morgan fingerprint density at radius 3 is 2.86 bits per heavy atom.